The lowest BCUT2D eigenvalue weighted by Crippen LogP contribution is -2.14. The molecule has 0 aliphatic carbocycles. The van der Waals surface area contributed by atoms with E-state index < -0.39 is 10.0 Å². The molecule has 0 aliphatic heterocycles. The van der Waals surface area contributed by atoms with Gasteiger partial charge in [0.15, 0.2) is 5.13 Å². The molecule has 3 N–H and O–H groups in total. The minimum atomic E-state index is -3.70. The van der Waals surface area contributed by atoms with E-state index in [1.165, 1.54) is 29.7 Å². The topological polar surface area (TPSA) is 85.1 Å². The highest BCUT2D eigenvalue weighted by Crippen LogP contribution is 2.27. The summed E-state index contributed by atoms with van der Waals surface area (Å²) in [6, 6.07) is 2.86. The molecule has 0 saturated carbocycles. The van der Waals surface area contributed by atoms with Gasteiger partial charge in [-0.3, -0.25) is 4.72 Å². The van der Waals surface area contributed by atoms with Crippen LogP contribution in [0.1, 0.15) is 5.56 Å². The van der Waals surface area contributed by atoms with Crippen LogP contribution in [0.2, 0.25) is 5.02 Å². The third-order valence-corrected chi connectivity index (χ3v) is 4.86. The standard InChI is InChI=1S/C10H10ClN3O2S2/c1-6-4-8(12)7(11)5-9(6)18(15,16)14-10-13-2-3-17-10/h2-5H,12H2,1H3,(H,13,14). The van der Waals surface area contributed by atoms with Gasteiger partial charge in [-0.1, -0.05) is 11.6 Å². The number of aromatic nitrogens is 1. The molecule has 1 aromatic carbocycles. The van der Waals surface area contributed by atoms with Crippen LogP contribution in [-0.4, -0.2) is 13.4 Å². The van der Waals surface area contributed by atoms with E-state index in [-0.39, 0.29) is 9.92 Å². The molecule has 1 aromatic heterocycles. The number of halogens is 1. The van der Waals surface area contributed by atoms with Gasteiger partial charge in [0.25, 0.3) is 10.0 Å². The van der Waals surface area contributed by atoms with Gasteiger partial charge in [0.1, 0.15) is 0 Å². The Morgan fingerprint density at radius 3 is 2.78 bits per heavy atom. The molecule has 2 aromatic rings. The molecule has 0 bridgehead atoms. The maximum atomic E-state index is 12.1. The molecular weight excluding hydrogens is 294 g/mol. The summed E-state index contributed by atoms with van der Waals surface area (Å²) < 4.78 is 26.7. The number of sulfonamides is 1. The van der Waals surface area contributed by atoms with Crippen LogP contribution in [-0.2, 0) is 10.0 Å². The molecule has 0 amide bonds. The molecule has 5 nitrogen and oxygen atoms in total. The number of anilines is 2. The van der Waals surface area contributed by atoms with Crippen molar-refractivity contribution in [3.63, 3.8) is 0 Å². The van der Waals surface area contributed by atoms with Crippen LogP contribution >= 0.6 is 22.9 Å². The van der Waals surface area contributed by atoms with Crippen molar-refractivity contribution in [2.24, 2.45) is 0 Å². The summed E-state index contributed by atoms with van der Waals surface area (Å²) >= 11 is 7.04. The molecule has 0 spiro atoms. The van der Waals surface area contributed by atoms with E-state index in [4.69, 9.17) is 17.3 Å². The number of benzene rings is 1. The normalized spacial score (nSPS) is 11.4. The molecule has 2 rings (SSSR count). The second-order valence-corrected chi connectivity index (χ2v) is 6.53. The summed E-state index contributed by atoms with van der Waals surface area (Å²) in [5.74, 6) is 0. The molecular formula is C10H10ClN3O2S2. The third kappa shape index (κ3) is 2.58. The summed E-state index contributed by atoms with van der Waals surface area (Å²) in [6.45, 7) is 1.66. The monoisotopic (exact) mass is 303 g/mol. The Labute approximate surface area is 114 Å². The van der Waals surface area contributed by atoms with E-state index in [1.807, 2.05) is 0 Å². The van der Waals surface area contributed by atoms with Crippen LogP contribution in [0, 0.1) is 6.92 Å². The number of hydrogen-bond donors (Lipinski definition) is 2. The van der Waals surface area contributed by atoms with E-state index in [1.54, 1.807) is 12.3 Å². The molecule has 0 aliphatic rings. The van der Waals surface area contributed by atoms with Gasteiger partial charge in [0, 0.05) is 11.6 Å². The van der Waals surface area contributed by atoms with Crippen molar-refractivity contribution < 1.29 is 8.42 Å². The Bertz CT molecular complexity index is 669. The molecule has 8 heteroatoms. The maximum absolute atomic E-state index is 12.1. The number of hydrogen-bond acceptors (Lipinski definition) is 5. The van der Waals surface area contributed by atoms with Crippen LogP contribution in [0.4, 0.5) is 10.8 Å². The van der Waals surface area contributed by atoms with Crippen LogP contribution in [0.5, 0.6) is 0 Å². The molecule has 0 fully saturated rings. The van der Waals surface area contributed by atoms with E-state index in [0.29, 0.717) is 16.4 Å². The molecule has 0 unspecified atom stereocenters. The Hall–Kier alpha value is -1.31. The second kappa shape index (κ2) is 4.75. The molecule has 96 valence electrons. The van der Waals surface area contributed by atoms with Gasteiger partial charge < -0.3 is 5.73 Å². The average molecular weight is 304 g/mol. The lowest BCUT2D eigenvalue weighted by atomic mass is 10.2. The van der Waals surface area contributed by atoms with Crippen molar-refractivity contribution in [3.05, 3.63) is 34.3 Å². The number of nitrogens with zero attached hydrogens (tertiary/aromatic N) is 1. The summed E-state index contributed by atoms with van der Waals surface area (Å²) in [6.07, 6.45) is 1.52. The van der Waals surface area contributed by atoms with Crippen molar-refractivity contribution in [1.82, 2.24) is 4.98 Å². The zero-order valence-electron chi connectivity index (χ0n) is 9.34. The SMILES string of the molecule is Cc1cc(N)c(Cl)cc1S(=O)(=O)Nc1nccs1. The van der Waals surface area contributed by atoms with Gasteiger partial charge in [0.2, 0.25) is 0 Å². The molecule has 0 saturated heterocycles. The summed E-state index contributed by atoms with van der Waals surface area (Å²) in [5, 5.41) is 2.20. The Kier molecular flexibility index (Phi) is 3.47. The average Bonchev–Trinajstić information content (AvgIpc) is 2.75. The number of rotatable bonds is 3. The number of nitrogens with two attached hydrogens (primary N) is 1. The van der Waals surface area contributed by atoms with Crippen LogP contribution in [0.25, 0.3) is 0 Å². The Balaban J connectivity index is 2.44. The van der Waals surface area contributed by atoms with Crippen LogP contribution in [0.15, 0.2) is 28.6 Å². The van der Waals surface area contributed by atoms with Crippen molar-refractivity contribution in [1.29, 1.82) is 0 Å². The summed E-state index contributed by atoms with van der Waals surface area (Å²) in [5.41, 5.74) is 6.49. The third-order valence-electron chi connectivity index (χ3n) is 2.24. The minimum absolute atomic E-state index is 0.0944. The summed E-state index contributed by atoms with van der Waals surface area (Å²) in [4.78, 5) is 3.96. The highest BCUT2D eigenvalue weighted by molar-refractivity contribution is 7.93. The zero-order chi connectivity index (χ0) is 13.3. The van der Waals surface area contributed by atoms with E-state index in [0.717, 1.165) is 0 Å². The van der Waals surface area contributed by atoms with Gasteiger partial charge in [0.05, 0.1) is 15.6 Å². The number of aryl methyl sites for hydroxylation is 1. The Morgan fingerprint density at radius 1 is 1.44 bits per heavy atom. The van der Waals surface area contributed by atoms with E-state index >= 15 is 0 Å². The smallest absolute Gasteiger partial charge is 0.263 e. The van der Waals surface area contributed by atoms with Crippen molar-refractivity contribution >= 4 is 43.8 Å². The maximum Gasteiger partial charge on any atom is 0.263 e. The first kappa shape index (κ1) is 13.1. The quantitative estimate of drug-likeness (QED) is 0.853. The first-order valence-corrected chi connectivity index (χ1v) is 7.62. The van der Waals surface area contributed by atoms with Crippen LogP contribution in [0.3, 0.4) is 0 Å². The summed E-state index contributed by atoms with van der Waals surface area (Å²) in [7, 11) is -3.70. The van der Waals surface area contributed by atoms with Gasteiger partial charge in [-0.15, -0.1) is 11.3 Å². The largest absolute Gasteiger partial charge is 0.398 e. The highest BCUT2D eigenvalue weighted by Gasteiger charge is 2.19. The first-order valence-electron chi connectivity index (χ1n) is 4.88. The second-order valence-electron chi connectivity index (χ2n) is 3.58. The molecule has 18 heavy (non-hydrogen) atoms. The number of thiazole rings is 1. The number of nitrogen functional groups attached to an aromatic ring is 1. The van der Waals surface area contributed by atoms with E-state index in [2.05, 4.69) is 9.71 Å². The fourth-order valence-electron chi connectivity index (χ4n) is 1.42. The Morgan fingerprint density at radius 2 is 2.17 bits per heavy atom. The van der Waals surface area contributed by atoms with Gasteiger partial charge >= 0.3 is 0 Å². The lowest BCUT2D eigenvalue weighted by Gasteiger charge is -2.10. The first-order chi connectivity index (χ1) is 8.40. The van der Waals surface area contributed by atoms with Gasteiger partial charge in [-0.05, 0) is 24.6 Å². The predicted molar refractivity (Wildman–Crippen MR) is 73.5 cm³/mol. The van der Waals surface area contributed by atoms with Gasteiger partial charge in [-0.25, -0.2) is 13.4 Å². The highest BCUT2D eigenvalue weighted by atomic mass is 35.5. The fraction of sp³-hybridized carbons (Fsp3) is 0.100. The van der Waals surface area contributed by atoms with Crippen molar-refractivity contribution in [3.8, 4) is 0 Å². The van der Waals surface area contributed by atoms with Crippen molar-refractivity contribution in [2.75, 3.05) is 10.5 Å². The number of nitrogens with one attached hydrogen (secondary N) is 1. The molecule has 1 heterocycles. The zero-order valence-corrected chi connectivity index (χ0v) is 11.7. The van der Waals surface area contributed by atoms with E-state index in [9.17, 15) is 8.42 Å². The molecule has 0 radical (unpaired) electrons. The molecule has 0 atom stereocenters. The fourth-order valence-corrected chi connectivity index (χ4v) is 3.69. The lowest BCUT2D eigenvalue weighted by molar-refractivity contribution is 0.600. The van der Waals surface area contributed by atoms with Crippen molar-refractivity contribution in [2.45, 2.75) is 11.8 Å². The van der Waals surface area contributed by atoms with Gasteiger partial charge in [-0.2, -0.15) is 0 Å². The minimum Gasteiger partial charge on any atom is -0.398 e. The van der Waals surface area contributed by atoms with Crippen LogP contribution < -0.4 is 10.5 Å². The predicted octanol–water partition coefficient (Wildman–Crippen LogP) is 2.49.